The van der Waals surface area contributed by atoms with Crippen molar-refractivity contribution in [3.63, 3.8) is 0 Å². The number of benzene rings is 2. The Balaban J connectivity index is 1.93. The van der Waals surface area contributed by atoms with Crippen molar-refractivity contribution in [3.8, 4) is 5.75 Å². The Kier molecular flexibility index (Phi) is 4.24. The van der Waals surface area contributed by atoms with Crippen LogP contribution in [0.1, 0.15) is 10.4 Å². The first-order valence-electron chi connectivity index (χ1n) is 6.46. The van der Waals surface area contributed by atoms with Crippen LogP contribution in [0.3, 0.4) is 0 Å². The van der Waals surface area contributed by atoms with Crippen LogP contribution in [0.15, 0.2) is 46.9 Å². The highest BCUT2D eigenvalue weighted by Crippen LogP contribution is 2.33. The fourth-order valence-corrected chi connectivity index (χ4v) is 3.66. The quantitative estimate of drug-likeness (QED) is 0.717. The van der Waals surface area contributed by atoms with Gasteiger partial charge in [0.25, 0.3) is 0 Å². The van der Waals surface area contributed by atoms with Crippen LogP contribution in [0.2, 0.25) is 0 Å². The van der Waals surface area contributed by atoms with E-state index in [4.69, 9.17) is 10.5 Å². The third-order valence-corrected chi connectivity index (χ3v) is 5.12. The summed E-state index contributed by atoms with van der Waals surface area (Å²) in [6, 6.07) is 12.5. The van der Waals surface area contributed by atoms with Crippen LogP contribution < -0.4 is 10.5 Å². The average Bonchev–Trinajstić information content (AvgIpc) is 2.86. The molecule has 0 aliphatic heterocycles. The van der Waals surface area contributed by atoms with Gasteiger partial charge in [0.15, 0.2) is 0 Å². The lowest BCUT2D eigenvalue weighted by Crippen LogP contribution is -2.02. The molecule has 21 heavy (non-hydrogen) atoms. The number of hydrogen-bond acceptors (Lipinski definition) is 3. The van der Waals surface area contributed by atoms with E-state index < -0.39 is 0 Å². The normalized spacial score (nSPS) is 11.0. The second-order valence-electron chi connectivity index (χ2n) is 4.57. The zero-order chi connectivity index (χ0) is 14.8. The molecule has 1 aromatic heterocycles. The van der Waals surface area contributed by atoms with Crippen LogP contribution in [0.5, 0.6) is 5.75 Å². The second-order valence-corrected chi connectivity index (χ2v) is 6.56. The first-order chi connectivity index (χ1) is 10.2. The third kappa shape index (κ3) is 2.95. The first-order valence-corrected chi connectivity index (χ1v) is 8.07. The molecule has 0 saturated heterocycles. The van der Waals surface area contributed by atoms with Gasteiger partial charge in [-0.15, -0.1) is 11.3 Å². The van der Waals surface area contributed by atoms with E-state index in [1.807, 2.05) is 12.1 Å². The van der Waals surface area contributed by atoms with Crippen LogP contribution in [0.25, 0.3) is 10.1 Å². The maximum atomic E-state index is 13.3. The maximum absolute atomic E-state index is 13.3. The van der Waals surface area contributed by atoms with Gasteiger partial charge in [-0.25, -0.2) is 4.39 Å². The van der Waals surface area contributed by atoms with Crippen molar-refractivity contribution in [2.45, 2.75) is 13.2 Å². The van der Waals surface area contributed by atoms with Crippen molar-refractivity contribution in [1.29, 1.82) is 0 Å². The molecule has 0 atom stereocenters. The smallest absolute Gasteiger partial charge is 0.136 e. The third-order valence-electron chi connectivity index (χ3n) is 3.23. The molecule has 5 heteroatoms. The van der Waals surface area contributed by atoms with Gasteiger partial charge >= 0.3 is 0 Å². The molecule has 108 valence electrons. The molecule has 0 fully saturated rings. The summed E-state index contributed by atoms with van der Waals surface area (Å²) >= 11 is 5.04. The van der Waals surface area contributed by atoms with Gasteiger partial charge in [0.2, 0.25) is 0 Å². The molecular weight excluding hydrogens is 353 g/mol. The van der Waals surface area contributed by atoms with Crippen LogP contribution in [-0.4, -0.2) is 0 Å². The summed E-state index contributed by atoms with van der Waals surface area (Å²) in [6.07, 6.45) is 0. The average molecular weight is 366 g/mol. The van der Waals surface area contributed by atoms with E-state index >= 15 is 0 Å². The lowest BCUT2D eigenvalue weighted by atomic mass is 10.1. The molecule has 0 aliphatic carbocycles. The standard InChI is InChI=1S/C16H13BrFNOS/c17-13-6-5-10(18)7-14(13)20-9-12-11-3-1-2-4-15(11)21-16(12)8-19/h1-7H,8-9,19H2. The Morgan fingerprint density at radius 2 is 2.00 bits per heavy atom. The van der Waals surface area contributed by atoms with Gasteiger partial charge in [0.05, 0.1) is 4.47 Å². The number of thiophene rings is 1. The highest BCUT2D eigenvalue weighted by atomic mass is 79.9. The minimum absolute atomic E-state index is 0.317. The molecule has 2 nitrogen and oxygen atoms in total. The minimum Gasteiger partial charge on any atom is -0.488 e. The second kappa shape index (κ2) is 6.13. The fraction of sp³-hybridized carbons (Fsp3) is 0.125. The molecule has 0 radical (unpaired) electrons. The molecule has 0 amide bonds. The summed E-state index contributed by atoms with van der Waals surface area (Å²) < 4.78 is 21.0. The van der Waals surface area contributed by atoms with Gasteiger partial charge in [-0.2, -0.15) is 0 Å². The number of halogens is 2. The van der Waals surface area contributed by atoms with Gasteiger partial charge in [-0.1, -0.05) is 18.2 Å². The van der Waals surface area contributed by atoms with Crippen molar-refractivity contribution in [2.75, 3.05) is 0 Å². The van der Waals surface area contributed by atoms with E-state index in [9.17, 15) is 4.39 Å². The van der Waals surface area contributed by atoms with Crippen molar-refractivity contribution >= 4 is 37.4 Å². The van der Waals surface area contributed by atoms with Gasteiger partial charge in [0, 0.05) is 27.8 Å². The first kappa shape index (κ1) is 14.5. The zero-order valence-corrected chi connectivity index (χ0v) is 13.5. The topological polar surface area (TPSA) is 35.2 Å². The molecule has 2 N–H and O–H groups in total. The van der Waals surface area contributed by atoms with E-state index in [-0.39, 0.29) is 5.82 Å². The summed E-state index contributed by atoms with van der Waals surface area (Å²) in [5.74, 6) is 0.177. The predicted octanol–water partition coefficient (Wildman–Crippen LogP) is 4.84. The van der Waals surface area contributed by atoms with Crippen molar-refractivity contribution in [2.24, 2.45) is 5.73 Å². The molecule has 0 bridgehead atoms. The molecule has 0 aliphatic rings. The Hall–Kier alpha value is -1.43. The molecule has 3 rings (SSSR count). The summed E-state index contributed by atoms with van der Waals surface area (Å²) in [5.41, 5.74) is 6.90. The van der Waals surface area contributed by atoms with Gasteiger partial charge in [-0.05, 0) is 39.5 Å². The van der Waals surface area contributed by atoms with Crippen molar-refractivity contribution in [3.05, 3.63) is 63.2 Å². The van der Waals surface area contributed by atoms with E-state index in [0.717, 1.165) is 20.3 Å². The van der Waals surface area contributed by atoms with E-state index in [1.165, 1.54) is 16.8 Å². The predicted molar refractivity (Wildman–Crippen MR) is 88.1 cm³/mol. The zero-order valence-electron chi connectivity index (χ0n) is 11.1. The number of ether oxygens (including phenoxy) is 1. The highest BCUT2D eigenvalue weighted by Gasteiger charge is 2.12. The molecular formula is C16H13BrFNOS. The lowest BCUT2D eigenvalue weighted by Gasteiger charge is -2.09. The van der Waals surface area contributed by atoms with E-state index in [1.54, 1.807) is 17.4 Å². The van der Waals surface area contributed by atoms with Crippen LogP contribution >= 0.6 is 27.3 Å². The van der Waals surface area contributed by atoms with Gasteiger partial charge < -0.3 is 10.5 Å². The number of fused-ring (bicyclic) bond motifs is 1. The number of hydrogen-bond donors (Lipinski definition) is 1. The highest BCUT2D eigenvalue weighted by molar-refractivity contribution is 9.10. The summed E-state index contributed by atoms with van der Waals surface area (Å²) in [5, 5.41) is 1.15. The minimum atomic E-state index is -0.317. The van der Waals surface area contributed by atoms with Gasteiger partial charge in [-0.3, -0.25) is 0 Å². The molecule has 1 heterocycles. The van der Waals surface area contributed by atoms with Crippen molar-refractivity contribution < 1.29 is 9.13 Å². The fourth-order valence-electron chi connectivity index (χ4n) is 2.21. The van der Waals surface area contributed by atoms with E-state index in [2.05, 4.69) is 28.1 Å². The Bertz CT molecular complexity index is 787. The van der Waals surface area contributed by atoms with Crippen LogP contribution in [0.4, 0.5) is 4.39 Å². The number of rotatable bonds is 4. The molecule has 0 spiro atoms. The molecule has 2 aromatic carbocycles. The number of nitrogens with two attached hydrogens (primary N) is 1. The van der Waals surface area contributed by atoms with Gasteiger partial charge in [0.1, 0.15) is 18.2 Å². The maximum Gasteiger partial charge on any atom is 0.136 e. The summed E-state index contributed by atoms with van der Waals surface area (Å²) in [4.78, 5) is 1.10. The Labute approximate surface area is 134 Å². The molecule has 0 unspecified atom stereocenters. The lowest BCUT2D eigenvalue weighted by molar-refractivity contribution is 0.303. The van der Waals surface area contributed by atoms with E-state index in [0.29, 0.717) is 18.9 Å². The van der Waals surface area contributed by atoms with Crippen LogP contribution in [0, 0.1) is 5.82 Å². The summed E-state index contributed by atoms with van der Waals surface area (Å²) in [7, 11) is 0. The molecule has 0 saturated carbocycles. The molecule has 3 aromatic rings. The monoisotopic (exact) mass is 365 g/mol. The Morgan fingerprint density at radius 3 is 2.81 bits per heavy atom. The van der Waals surface area contributed by atoms with Crippen LogP contribution in [-0.2, 0) is 13.2 Å². The summed E-state index contributed by atoms with van der Waals surface area (Å²) in [6.45, 7) is 0.848. The Morgan fingerprint density at radius 1 is 1.19 bits per heavy atom. The largest absolute Gasteiger partial charge is 0.488 e. The van der Waals surface area contributed by atoms with Crippen molar-refractivity contribution in [1.82, 2.24) is 0 Å². The SMILES string of the molecule is NCc1sc2ccccc2c1COc1cc(F)ccc1Br.